The molecule has 0 fully saturated rings. The van der Waals surface area contributed by atoms with E-state index in [4.69, 9.17) is 11.6 Å². The second-order valence-corrected chi connectivity index (χ2v) is 4.33. The molecule has 0 amide bonds. The molecule has 0 saturated heterocycles. The number of rotatable bonds is 5. The molecular formula is C9H19Cl2N. The van der Waals surface area contributed by atoms with Crippen molar-refractivity contribution in [1.29, 1.82) is 0 Å². The summed E-state index contributed by atoms with van der Waals surface area (Å²) in [7, 11) is 6.55. The second kappa shape index (κ2) is 6.76. The summed E-state index contributed by atoms with van der Waals surface area (Å²) >= 11 is 5.79. The quantitative estimate of drug-likeness (QED) is 0.315. The number of halogens is 2. The maximum absolute atomic E-state index is 5.79. The summed E-state index contributed by atoms with van der Waals surface area (Å²) in [6, 6.07) is 0. The predicted molar refractivity (Wildman–Crippen MR) is 51.9 cm³/mol. The molecule has 0 N–H and O–H groups in total. The van der Waals surface area contributed by atoms with E-state index in [1.54, 1.807) is 0 Å². The first-order chi connectivity index (χ1) is 4.99. The van der Waals surface area contributed by atoms with Gasteiger partial charge in [-0.15, -0.1) is 18.2 Å². The number of quaternary nitrogens is 1. The topological polar surface area (TPSA) is 0 Å². The Kier molecular flexibility index (Phi) is 8.33. The highest BCUT2D eigenvalue weighted by atomic mass is 35.5. The molecule has 0 rings (SSSR count). The van der Waals surface area contributed by atoms with Gasteiger partial charge in [0.15, 0.2) is 0 Å². The zero-order valence-corrected chi connectivity index (χ0v) is 9.70. The Bertz CT molecular complexity index is 118. The van der Waals surface area contributed by atoms with Crippen molar-refractivity contribution in [3.63, 3.8) is 0 Å². The van der Waals surface area contributed by atoms with Crippen molar-refractivity contribution in [3.8, 4) is 0 Å². The van der Waals surface area contributed by atoms with Crippen molar-refractivity contribution in [2.75, 3.05) is 33.6 Å². The molecule has 0 aliphatic carbocycles. The summed E-state index contributed by atoms with van der Waals surface area (Å²) in [5, 5.41) is 0. The largest absolute Gasteiger partial charge is 1.00 e. The van der Waals surface area contributed by atoms with Gasteiger partial charge >= 0.3 is 0 Å². The van der Waals surface area contributed by atoms with E-state index in [1.807, 2.05) is 6.08 Å². The van der Waals surface area contributed by atoms with Crippen molar-refractivity contribution >= 4 is 11.6 Å². The van der Waals surface area contributed by atoms with Gasteiger partial charge in [-0.1, -0.05) is 6.08 Å². The van der Waals surface area contributed by atoms with Crippen LogP contribution in [0.1, 0.15) is 6.42 Å². The summed E-state index contributed by atoms with van der Waals surface area (Å²) < 4.78 is 0.977. The summed E-state index contributed by atoms with van der Waals surface area (Å²) in [4.78, 5) is 0. The molecule has 0 aromatic rings. The maximum atomic E-state index is 5.79. The normalized spacial score (nSPS) is 13.3. The maximum Gasteiger partial charge on any atom is 0.0823 e. The van der Waals surface area contributed by atoms with Gasteiger partial charge in [0.25, 0.3) is 0 Å². The number of alkyl halides is 1. The fourth-order valence-electron chi connectivity index (χ4n) is 1.20. The third-order valence-electron chi connectivity index (χ3n) is 1.52. The number of allylic oxidation sites excluding steroid dienone is 1. The molecule has 0 aromatic heterocycles. The lowest BCUT2D eigenvalue weighted by Gasteiger charge is -2.27. The SMILES string of the molecule is C=CCC(CCl)C[N+](C)(C)C.[Cl-]. The Balaban J connectivity index is 0. The van der Waals surface area contributed by atoms with Crippen molar-refractivity contribution in [2.45, 2.75) is 6.42 Å². The fraction of sp³-hybridized carbons (Fsp3) is 0.778. The zero-order chi connectivity index (χ0) is 8.91. The van der Waals surface area contributed by atoms with Crippen molar-refractivity contribution in [3.05, 3.63) is 12.7 Å². The van der Waals surface area contributed by atoms with Gasteiger partial charge in [0.2, 0.25) is 0 Å². The van der Waals surface area contributed by atoms with Gasteiger partial charge in [0.05, 0.1) is 27.7 Å². The molecule has 0 aliphatic rings. The molecule has 0 spiro atoms. The first-order valence-corrected chi connectivity index (χ1v) is 4.50. The standard InChI is InChI=1S/C9H19ClN.ClH/c1-5-6-9(7-10)8-11(2,3)4;/h5,9H,1,6-8H2,2-4H3;1H/q+1;/p-1. The molecule has 0 aromatic carbocycles. The van der Waals surface area contributed by atoms with Gasteiger partial charge in [0.1, 0.15) is 0 Å². The summed E-state index contributed by atoms with van der Waals surface area (Å²) in [6.07, 6.45) is 2.97. The van der Waals surface area contributed by atoms with Crippen LogP contribution in [0.3, 0.4) is 0 Å². The van der Waals surface area contributed by atoms with E-state index < -0.39 is 0 Å². The Morgan fingerprint density at radius 1 is 1.42 bits per heavy atom. The van der Waals surface area contributed by atoms with Gasteiger partial charge in [0, 0.05) is 11.8 Å². The Labute approximate surface area is 87.4 Å². The van der Waals surface area contributed by atoms with Crippen LogP contribution in [0.15, 0.2) is 12.7 Å². The molecule has 0 radical (unpaired) electrons. The van der Waals surface area contributed by atoms with Crippen LogP contribution in [-0.4, -0.2) is 38.1 Å². The van der Waals surface area contributed by atoms with Gasteiger partial charge < -0.3 is 16.9 Å². The van der Waals surface area contributed by atoms with Crippen LogP contribution in [0.2, 0.25) is 0 Å². The molecular weight excluding hydrogens is 193 g/mol. The third kappa shape index (κ3) is 8.38. The Hall–Kier alpha value is 0.280. The zero-order valence-electron chi connectivity index (χ0n) is 8.19. The lowest BCUT2D eigenvalue weighted by atomic mass is 10.1. The van der Waals surface area contributed by atoms with E-state index in [1.165, 1.54) is 0 Å². The minimum absolute atomic E-state index is 0. The molecule has 0 saturated carbocycles. The molecule has 1 unspecified atom stereocenters. The first-order valence-electron chi connectivity index (χ1n) is 3.97. The molecule has 74 valence electrons. The fourth-order valence-corrected chi connectivity index (χ4v) is 1.42. The van der Waals surface area contributed by atoms with E-state index in [9.17, 15) is 0 Å². The average molecular weight is 212 g/mol. The van der Waals surface area contributed by atoms with E-state index in [0.29, 0.717) is 5.92 Å². The van der Waals surface area contributed by atoms with E-state index in [0.717, 1.165) is 23.3 Å². The predicted octanol–water partition coefficient (Wildman–Crippen LogP) is -0.872. The van der Waals surface area contributed by atoms with Gasteiger partial charge in [-0.05, 0) is 6.42 Å². The smallest absolute Gasteiger partial charge is 0.0823 e. The monoisotopic (exact) mass is 211 g/mol. The van der Waals surface area contributed by atoms with Gasteiger partial charge in [-0.2, -0.15) is 0 Å². The van der Waals surface area contributed by atoms with Crippen LogP contribution in [0.4, 0.5) is 0 Å². The molecule has 1 atom stereocenters. The molecule has 0 aliphatic heterocycles. The average Bonchev–Trinajstić information content (AvgIpc) is 1.84. The molecule has 1 nitrogen and oxygen atoms in total. The minimum atomic E-state index is 0. The van der Waals surface area contributed by atoms with Crippen LogP contribution in [0, 0.1) is 5.92 Å². The lowest BCUT2D eigenvalue weighted by molar-refractivity contribution is -0.873. The van der Waals surface area contributed by atoms with Crippen LogP contribution in [-0.2, 0) is 0 Å². The van der Waals surface area contributed by atoms with Crippen molar-refractivity contribution in [1.82, 2.24) is 0 Å². The van der Waals surface area contributed by atoms with Crippen molar-refractivity contribution in [2.24, 2.45) is 5.92 Å². The second-order valence-electron chi connectivity index (χ2n) is 4.02. The molecule has 0 heterocycles. The van der Waals surface area contributed by atoms with Crippen LogP contribution < -0.4 is 12.4 Å². The third-order valence-corrected chi connectivity index (χ3v) is 1.96. The highest BCUT2D eigenvalue weighted by Gasteiger charge is 2.15. The van der Waals surface area contributed by atoms with Gasteiger partial charge in [-0.25, -0.2) is 0 Å². The van der Waals surface area contributed by atoms with Crippen LogP contribution in [0.5, 0.6) is 0 Å². The summed E-state index contributed by atoms with van der Waals surface area (Å²) in [5.41, 5.74) is 0. The molecule has 0 bridgehead atoms. The van der Waals surface area contributed by atoms with E-state index in [2.05, 4.69) is 27.7 Å². The lowest BCUT2D eigenvalue weighted by Crippen LogP contribution is -3.00. The van der Waals surface area contributed by atoms with E-state index in [-0.39, 0.29) is 12.4 Å². The number of hydrogen-bond acceptors (Lipinski definition) is 0. The Morgan fingerprint density at radius 3 is 2.17 bits per heavy atom. The van der Waals surface area contributed by atoms with Crippen LogP contribution in [0.25, 0.3) is 0 Å². The van der Waals surface area contributed by atoms with E-state index >= 15 is 0 Å². The number of hydrogen-bond donors (Lipinski definition) is 0. The molecule has 12 heavy (non-hydrogen) atoms. The minimum Gasteiger partial charge on any atom is -1.00 e. The molecule has 3 heteroatoms. The van der Waals surface area contributed by atoms with Gasteiger partial charge in [-0.3, -0.25) is 0 Å². The highest BCUT2D eigenvalue weighted by molar-refractivity contribution is 6.18. The van der Waals surface area contributed by atoms with Crippen molar-refractivity contribution < 1.29 is 16.9 Å². The summed E-state index contributed by atoms with van der Waals surface area (Å²) in [6.45, 7) is 4.83. The van der Waals surface area contributed by atoms with Crippen LogP contribution >= 0.6 is 11.6 Å². The highest BCUT2D eigenvalue weighted by Crippen LogP contribution is 2.10. The number of nitrogens with zero attached hydrogens (tertiary/aromatic N) is 1. The summed E-state index contributed by atoms with van der Waals surface area (Å²) in [5.74, 6) is 1.32. The Morgan fingerprint density at radius 2 is 1.92 bits per heavy atom. The first kappa shape index (κ1) is 14.8.